The highest BCUT2D eigenvalue weighted by molar-refractivity contribution is 5.92. The van der Waals surface area contributed by atoms with E-state index in [2.05, 4.69) is 15.1 Å². The second-order valence-corrected chi connectivity index (χ2v) is 6.54. The number of carbonyl (C=O) groups excluding carboxylic acids is 1. The van der Waals surface area contributed by atoms with Gasteiger partial charge in [0.05, 0.1) is 6.54 Å². The van der Waals surface area contributed by atoms with E-state index < -0.39 is 0 Å². The molecule has 2 aliphatic heterocycles. The number of nitrogens with one attached hydrogen (secondary N) is 1. The Hall–Kier alpha value is -1.39. The first-order valence-electron chi connectivity index (χ1n) is 8.62. The highest BCUT2D eigenvalue weighted by Gasteiger charge is 2.28. The second kappa shape index (κ2) is 7.75. The number of likely N-dealkylation sites (tertiary alicyclic amines) is 2. The molecule has 0 radical (unpaired) electrons. The van der Waals surface area contributed by atoms with Crippen LogP contribution in [0.4, 0.5) is 5.69 Å². The first kappa shape index (κ1) is 15.5. The Morgan fingerprint density at radius 2 is 1.82 bits per heavy atom. The van der Waals surface area contributed by atoms with Gasteiger partial charge in [-0.1, -0.05) is 24.6 Å². The minimum Gasteiger partial charge on any atom is -0.325 e. The van der Waals surface area contributed by atoms with Gasteiger partial charge >= 0.3 is 0 Å². The van der Waals surface area contributed by atoms with Gasteiger partial charge in [0.1, 0.15) is 0 Å². The molecule has 2 fully saturated rings. The van der Waals surface area contributed by atoms with Crippen molar-refractivity contribution in [1.29, 1.82) is 0 Å². The van der Waals surface area contributed by atoms with Gasteiger partial charge in [-0.25, -0.2) is 0 Å². The molecule has 1 aromatic carbocycles. The summed E-state index contributed by atoms with van der Waals surface area (Å²) in [4.78, 5) is 17.2. The molecule has 22 heavy (non-hydrogen) atoms. The first-order chi connectivity index (χ1) is 10.8. The fourth-order valence-electron chi connectivity index (χ4n) is 3.66. The molecule has 0 spiro atoms. The van der Waals surface area contributed by atoms with Crippen molar-refractivity contribution in [3.8, 4) is 0 Å². The zero-order chi connectivity index (χ0) is 15.2. The number of rotatable bonds is 5. The zero-order valence-corrected chi connectivity index (χ0v) is 13.3. The van der Waals surface area contributed by atoms with Crippen LogP contribution in [0.2, 0.25) is 0 Å². The third kappa shape index (κ3) is 4.31. The standard InChI is InChI=1S/C18H27N3O/c22-18(19-16-8-3-1-4-9-16)15-21-13-7-10-17(21)14-20-11-5-2-6-12-20/h1,3-4,8-9,17H,2,5-7,10-15H2,(H,19,22)/t17-/m0/s1. The third-order valence-electron chi connectivity index (χ3n) is 4.82. The van der Waals surface area contributed by atoms with Crippen LogP contribution in [-0.4, -0.2) is 54.5 Å². The fourth-order valence-corrected chi connectivity index (χ4v) is 3.66. The zero-order valence-electron chi connectivity index (χ0n) is 13.3. The van der Waals surface area contributed by atoms with Crippen molar-refractivity contribution in [3.05, 3.63) is 30.3 Å². The average molecular weight is 301 g/mol. The van der Waals surface area contributed by atoms with Crippen LogP contribution in [-0.2, 0) is 4.79 Å². The molecule has 1 N–H and O–H groups in total. The van der Waals surface area contributed by atoms with Crippen molar-refractivity contribution >= 4 is 11.6 Å². The lowest BCUT2D eigenvalue weighted by molar-refractivity contribution is -0.117. The molecule has 1 atom stereocenters. The van der Waals surface area contributed by atoms with Crippen molar-refractivity contribution in [2.75, 3.05) is 38.0 Å². The van der Waals surface area contributed by atoms with Gasteiger partial charge in [0.2, 0.25) is 5.91 Å². The van der Waals surface area contributed by atoms with E-state index in [4.69, 9.17) is 0 Å². The summed E-state index contributed by atoms with van der Waals surface area (Å²) in [6.45, 7) is 5.19. The highest BCUT2D eigenvalue weighted by Crippen LogP contribution is 2.20. The second-order valence-electron chi connectivity index (χ2n) is 6.54. The topological polar surface area (TPSA) is 35.6 Å². The first-order valence-corrected chi connectivity index (χ1v) is 8.62. The van der Waals surface area contributed by atoms with Crippen LogP contribution in [0.5, 0.6) is 0 Å². The summed E-state index contributed by atoms with van der Waals surface area (Å²) in [5.74, 6) is 0.108. The molecular weight excluding hydrogens is 274 g/mol. The molecule has 4 nitrogen and oxygen atoms in total. The summed E-state index contributed by atoms with van der Waals surface area (Å²) in [6, 6.07) is 10.3. The summed E-state index contributed by atoms with van der Waals surface area (Å²) in [6.07, 6.45) is 6.50. The monoisotopic (exact) mass is 301 g/mol. The minimum atomic E-state index is 0.108. The van der Waals surface area contributed by atoms with Crippen molar-refractivity contribution in [1.82, 2.24) is 9.80 Å². The Morgan fingerprint density at radius 3 is 2.59 bits per heavy atom. The highest BCUT2D eigenvalue weighted by atomic mass is 16.2. The summed E-state index contributed by atoms with van der Waals surface area (Å²) >= 11 is 0. The molecular formula is C18H27N3O. The molecule has 0 aliphatic carbocycles. The van der Waals surface area contributed by atoms with Crippen LogP contribution in [0, 0.1) is 0 Å². The van der Waals surface area contributed by atoms with Crippen LogP contribution < -0.4 is 5.32 Å². The van der Waals surface area contributed by atoms with E-state index in [0.717, 1.165) is 18.8 Å². The molecule has 0 unspecified atom stereocenters. The molecule has 1 aromatic rings. The molecule has 2 saturated heterocycles. The summed E-state index contributed by atoms with van der Waals surface area (Å²) < 4.78 is 0. The van der Waals surface area contributed by atoms with Crippen LogP contribution in [0.1, 0.15) is 32.1 Å². The lowest BCUT2D eigenvalue weighted by Crippen LogP contribution is -2.44. The van der Waals surface area contributed by atoms with Crippen LogP contribution in [0.3, 0.4) is 0 Å². The van der Waals surface area contributed by atoms with E-state index in [1.165, 1.54) is 45.2 Å². The van der Waals surface area contributed by atoms with E-state index in [1.54, 1.807) is 0 Å². The molecule has 120 valence electrons. The largest absolute Gasteiger partial charge is 0.325 e. The molecule has 0 aromatic heterocycles. The number of anilines is 1. The summed E-state index contributed by atoms with van der Waals surface area (Å²) in [7, 11) is 0. The molecule has 2 aliphatic rings. The Balaban J connectivity index is 1.48. The van der Waals surface area contributed by atoms with E-state index >= 15 is 0 Å². The minimum absolute atomic E-state index is 0.108. The molecule has 4 heteroatoms. The summed E-state index contributed by atoms with van der Waals surface area (Å²) in [5, 5.41) is 3.00. The quantitative estimate of drug-likeness (QED) is 0.908. The predicted octanol–water partition coefficient (Wildman–Crippen LogP) is 2.58. The van der Waals surface area contributed by atoms with Crippen molar-refractivity contribution < 1.29 is 4.79 Å². The van der Waals surface area contributed by atoms with Crippen molar-refractivity contribution in [2.45, 2.75) is 38.1 Å². The Morgan fingerprint density at radius 1 is 1.05 bits per heavy atom. The number of carbonyl (C=O) groups is 1. The maximum Gasteiger partial charge on any atom is 0.238 e. The average Bonchev–Trinajstić information content (AvgIpc) is 2.96. The third-order valence-corrected chi connectivity index (χ3v) is 4.82. The van der Waals surface area contributed by atoms with Gasteiger partial charge in [0.25, 0.3) is 0 Å². The number of nitrogens with zero attached hydrogens (tertiary/aromatic N) is 2. The lowest BCUT2D eigenvalue weighted by atomic mass is 10.1. The van der Waals surface area contributed by atoms with Gasteiger partial charge in [-0.15, -0.1) is 0 Å². The Kier molecular flexibility index (Phi) is 5.46. The number of amides is 1. The van der Waals surface area contributed by atoms with Gasteiger partial charge in [0, 0.05) is 18.3 Å². The van der Waals surface area contributed by atoms with Crippen molar-refractivity contribution in [3.63, 3.8) is 0 Å². The van der Waals surface area contributed by atoms with Gasteiger partial charge < -0.3 is 10.2 Å². The maximum atomic E-state index is 12.2. The van der Waals surface area contributed by atoms with Crippen LogP contribution in [0.15, 0.2) is 30.3 Å². The van der Waals surface area contributed by atoms with Gasteiger partial charge in [-0.3, -0.25) is 9.69 Å². The van der Waals surface area contributed by atoms with E-state index in [-0.39, 0.29) is 5.91 Å². The number of piperidine rings is 1. The van der Waals surface area contributed by atoms with Gasteiger partial charge in [-0.2, -0.15) is 0 Å². The molecule has 1 amide bonds. The van der Waals surface area contributed by atoms with Crippen LogP contribution in [0.25, 0.3) is 0 Å². The normalized spacial score (nSPS) is 23.5. The van der Waals surface area contributed by atoms with E-state index in [1.807, 2.05) is 30.3 Å². The number of para-hydroxylation sites is 1. The SMILES string of the molecule is O=C(CN1CCC[C@H]1CN1CCCCC1)Nc1ccccc1. The summed E-state index contributed by atoms with van der Waals surface area (Å²) in [5.41, 5.74) is 0.888. The molecule has 0 bridgehead atoms. The molecule has 2 heterocycles. The van der Waals surface area contributed by atoms with E-state index in [9.17, 15) is 4.79 Å². The number of hydrogen-bond donors (Lipinski definition) is 1. The Bertz CT molecular complexity index is 470. The fraction of sp³-hybridized carbons (Fsp3) is 0.611. The molecule has 3 rings (SSSR count). The lowest BCUT2D eigenvalue weighted by Gasteiger charge is -2.32. The smallest absolute Gasteiger partial charge is 0.238 e. The van der Waals surface area contributed by atoms with E-state index in [0.29, 0.717) is 12.6 Å². The van der Waals surface area contributed by atoms with Crippen molar-refractivity contribution in [2.24, 2.45) is 0 Å². The molecule has 0 saturated carbocycles. The van der Waals surface area contributed by atoms with Gasteiger partial charge in [-0.05, 0) is 57.5 Å². The van der Waals surface area contributed by atoms with Crippen LogP contribution >= 0.6 is 0 Å². The van der Waals surface area contributed by atoms with Gasteiger partial charge in [0.15, 0.2) is 0 Å². The number of hydrogen-bond acceptors (Lipinski definition) is 3. The Labute approximate surface area is 133 Å². The predicted molar refractivity (Wildman–Crippen MR) is 90.0 cm³/mol. The maximum absolute atomic E-state index is 12.2. The number of benzene rings is 1.